The predicted octanol–water partition coefficient (Wildman–Crippen LogP) is 1.57. The van der Waals surface area contributed by atoms with Crippen molar-refractivity contribution in [3.8, 4) is 11.6 Å². The number of methoxy groups -OCH3 is 1. The maximum atomic E-state index is 11.5. The smallest absolute Gasteiger partial charge is 0.263 e. The highest BCUT2D eigenvalue weighted by molar-refractivity contribution is 5.94. The average molecular weight is 465 g/mol. The molecule has 3 aromatic rings. The Morgan fingerprint density at radius 3 is 2.97 bits per heavy atom. The van der Waals surface area contributed by atoms with E-state index in [1.54, 1.807) is 19.4 Å². The van der Waals surface area contributed by atoms with Gasteiger partial charge in [0.25, 0.3) is 5.91 Å². The van der Waals surface area contributed by atoms with Crippen LogP contribution in [0.25, 0.3) is 11.0 Å². The van der Waals surface area contributed by atoms with Crippen molar-refractivity contribution in [2.24, 2.45) is 5.73 Å². The Kier molecular flexibility index (Phi) is 6.52. The number of hydrogen-bond donors (Lipinski definition) is 3. The van der Waals surface area contributed by atoms with Crippen LogP contribution in [0.2, 0.25) is 0 Å². The van der Waals surface area contributed by atoms with Gasteiger partial charge in [-0.1, -0.05) is 0 Å². The number of hydrogen-bond acceptors (Lipinski definition) is 9. The van der Waals surface area contributed by atoms with Gasteiger partial charge in [0.15, 0.2) is 18.2 Å². The molecule has 2 aliphatic rings. The third-order valence-corrected chi connectivity index (χ3v) is 6.20. The van der Waals surface area contributed by atoms with E-state index in [0.29, 0.717) is 37.0 Å². The van der Waals surface area contributed by atoms with E-state index in [4.69, 9.17) is 19.9 Å². The Morgan fingerprint density at radius 2 is 2.15 bits per heavy atom. The number of nitrogens with two attached hydrogens (primary N) is 1. The molecule has 10 heteroatoms. The number of anilines is 1. The fourth-order valence-electron chi connectivity index (χ4n) is 4.35. The molecular weight excluding hydrogens is 436 g/mol. The van der Waals surface area contributed by atoms with Crippen LogP contribution in [0.4, 0.5) is 5.82 Å². The molecular formula is C24H28N6O4. The zero-order chi connectivity index (χ0) is 23.5. The minimum atomic E-state index is -0.192. The molecule has 3 atom stereocenters. The lowest BCUT2D eigenvalue weighted by Gasteiger charge is -2.33. The molecule has 1 fully saturated rings. The van der Waals surface area contributed by atoms with Gasteiger partial charge in [0.05, 0.1) is 36.5 Å². The van der Waals surface area contributed by atoms with E-state index in [1.807, 2.05) is 24.3 Å². The van der Waals surface area contributed by atoms with Gasteiger partial charge in [-0.05, 0) is 49.1 Å². The molecule has 3 unspecified atom stereocenters. The lowest BCUT2D eigenvalue weighted by Crippen LogP contribution is -2.47. The third kappa shape index (κ3) is 4.93. The highest BCUT2D eigenvalue weighted by Gasteiger charge is 2.27. The minimum absolute atomic E-state index is 0.0249. The Labute approximate surface area is 197 Å². The summed E-state index contributed by atoms with van der Waals surface area (Å²) >= 11 is 0. The van der Waals surface area contributed by atoms with Crippen LogP contribution >= 0.6 is 0 Å². The van der Waals surface area contributed by atoms with Crippen LogP contribution in [0.3, 0.4) is 0 Å². The summed E-state index contributed by atoms with van der Waals surface area (Å²) < 4.78 is 16.8. The van der Waals surface area contributed by atoms with Gasteiger partial charge in [-0.15, -0.1) is 0 Å². The zero-order valence-corrected chi connectivity index (χ0v) is 19.0. The van der Waals surface area contributed by atoms with Gasteiger partial charge in [-0.25, -0.2) is 9.97 Å². The molecule has 3 aromatic heterocycles. The number of carbonyl (C=O) groups is 1. The number of nitrogens with one attached hydrogen (secondary N) is 2. The second-order valence-electron chi connectivity index (χ2n) is 8.57. The van der Waals surface area contributed by atoms with Crippen molar-refractivity contribution < 1.29 is 19.0 Å². The normalized spacial score (nSPS) is 20.8. The van der Waals surface area contributed by atoms with Crippen LogP contribution in [0.15, 0.2) is 36.5 Å². The quantitative estimate of drug-likeness (QED) is 0.476. The number of rotatable bonds is 7. The summed E-state index contributed by atoms with van der Waals surface area (Å²) in [7, 11) is 1.60. The van der Waals surface area contributed by atoms with E-state index in [0.717, 1.165) is 35.1 Å². The van der Waals surface area contributed by atoms with Crippen LogP contribution in [0.5, 0.6) is 11.6 Å². The van der Waals surface area contributed by atoms with Crippen molar-refractivity contribution in [2.45, 2.75) is 44.0 Å². The number of nitrogens with zero attached hydrogens (tertiary/aromatic N) is 3. The molecule has 0 aromatic carbocycles. The largest absolute Gasteiger partial charge is 0.481 e. The molecule has 5 heterocycles. The van der Waals surface area contributed by atoms with Crippen molar-refractivity contribution in [1.82, 2.24) is 20.3 Å². The van der Waals surface area contributed by atoms with E-state index in [9.17, 15) is 4.79 Å². The number of carbonyl (C=O) groups excluding carboxylic acids is 1. The number of aromatic nitrogens is 3. The zero-order valence-electron chi connectivity index (χ0n) is 19.0. The lowest BCUT2D eigenvalue weighted by atomic mass is 9.95. The summed E-state index contributed by atoms with van der Waals surface area (Å²) in [6, 6.07) is 9.46. The van der Waals surface area contributed by atoms with Crippen LogP contribution in [0, 0.1) is 0 Å². The molecule has 0 aliphatic carbocycles. The molecule has 10 nitrogen and oxygen atoms in total. The monoisotopic (exact) mass is 464 g/mol. The second-order valence-corrected chi connectivity index (χ2v) is 8.57. The summed E-state index contributed by atoms with van der Waals surface area (Å²) in [5.41, 5.74) is 10.0. The van der Waals surface area contributed by atoms with E-state index < -0.39 is 0 Å². The molecule has 0 bridgehead atoms. The van der Waals surface area contributed by atoms with Gasteiger partial charge in [0, 0.05) is 30.9 Å². The first-order valence-corrected chi connectivity index (χ1v) is 11.4. The summed E-state index contributed by atoms with van der Waals surface area (Å²) in [4.78, 5) is 24.9. The summed E-state index contributed by atoms with van der Waals surface area (Å²) in [6.07, 6.45) is 4.22. The fraction of sp³-hybridized carbons (Fsp3) is 0.417. The van der Waals surface area contributed by atoms with Crippen LogP contribution in [-0.4, -0.2) is 59.4 Å². The van der Waals surface area contributed by atoms with E-state index in [1.165, 1.54) is 0 Å². The topological polar surface area (TPSA) is 134 Å². The molecule has 0 saturated carbocycles. The number of pyridine rings is 3. The highest BCUT2D eigenvalue weighted by Crippen LogP contribution is 2.26. The Bertz CT molecular complexity index is 1180. The van der Waals surface area contributed by atoms with Crippen LogP contribution < -0.4 is 25.8 Å². The van der Waals surface area contributed by atoms with Crippen LogP contribution in [-0.2, 0) is 22.5 Å². The number of amides is 1. The molecule has 0 spiro atoms. The maximum Gasteiger partial charge on any atom is 0.263 e. The predicted molar refractivity (Wildman–Crippen MR) is 126 cm³/mol. The minimum Gasteiger partial charge on any atom is -0.481 e. The SMILES string of the molecule is COc1ccc2nccc(CC(N)C3CCC(NCc4ccc5c(n4)NC(=O)CO5)CO3)c2n1. The standard InChI is InChI=1S/C24H28N6O4/c1-32-22-7-4-18-23(30-22)14(8-9-26-18)10-17(25)19-5-3-16(12-33-19)27-11-15-2-6-20-24(28-15)29-21(31)13-34-20/h2,4,6-9,16-17,19,27H,3,5,10-13,25H2,1H3,(H,28,29,31). The van der Waals surface area contributed by atoms with Crippen molar-refractivity contribution in [2.75, 3.05) is 25.6 Å². The molecule has 34 heavy (non-hydrogen) atoms. The van der Waals surface area contributed by atoms with Crippen LogP contribution in [0.1, 0.15) is 24.1 Å². The highest BCUT2D eigenvalue weighted by atomic mass is 16.5. The molecule has 2 aliphatic heterocycles. The number of fused-ring (bicyclic) bond motifs is 2. The lowest BCUT2D eigenvalue weighted by molar-refractivity contribution is -0.118. The molecule has 5 rings (SSSR count). The maximum absolute atomic E-state index is 11.5. The van der Waals surface area contributed by atoms with Crippen molar-refractivity contribution in [3.05, 3.63) is 47.8 Å². The molecule has 1 saturated heterocycles. The second kappa shape index (κ2) is 9.88. The summed E-state index contributed by atoms with van der Waals surface area (Å²) in [5, 5.41) is 6.22. The van der Waals surface area contributed by atoms with Gasteiger partial charge in [-0.2, -0.15) is 0 Å². The van der Waals surface area contributed by atoms with Gasteiger partial charge < -0.3 is 30.6 Å². The van der Waals surface area contributed by atoms with Gasteiger partial charge in [0.1, 0.15) is 0 Å². The first kappa shape index (κ1) is 22.5. The fourth-order valence-corrected chi connectivity index (χ4v) is 4.35. The molecule has 1 amide bonds. The van der Waals surface area contributed by atoms with Gasteiger partial charge in [0.2, 0.25) is 5.88 Å². The molecule has 4 N–H and O–H groups in total. The van der Waals surface area contributed by atoms with Crippen molar-refractivity contribution >= 4 is 22.8 Å². The number of ether oxygens (including phenoxy) is 3. The Morgan fingerprint density at radius 1 is 1.24 bits per heavy atom. The van der Waals surface area contributed by atoms with E-state index in [-0.39, 0.29) is 30.7 Å². The first-order valence-electron chi connectivity index (χ1n) is 11.4. The van der Waals surface area contributed by atoms with Gasteiger partial charge in [-0.3, -0.25) is 9.78 Å². The summed E-state index contributed by atoms with van der Waals surface area (Å²) in [6.45, 7) is 1.17. The van der Waals surface area contributed by atoms with Crippen molar-refractivity contribution in [1.29, 1.82) is 0 Å². The van der Waals surface area contributed by atoms with E-state index in [2.05, 4.69) is 25.6 Å². The van der Waals surface area contributed by atoms with Crippen molar-refractivity contribution in [3.63, 3.8) is 0 Å². The van der Waals surface area contributed by atoms with Gasteiger partial charge >= 0.3 is 0 Å². The third-order valence-electron chi connectivity index (χ3n) is 6.20. The molecule has 0 radical (unpaired) electrons. The summed E-state index contributed by atoms with van der Waals surface area (Å²) in [5.74, 6) is 1.43. The Hall–Kier alpha value is -3.34. The first-order chi connectivity index (χ1) is 16.6. The van der Waals surface area contributed by atoms with E-state index >= 15 is 0 Å². The average Bonchev–Trinajstić information content (AvgIpc) is 2.87. The molecule has 178 valence electrons. The Balaban J connectivity index is 1.14.